The number of carbonyl (C=O) groups excluding carboxylic acids is 1. The van der Waals surface area contributed by atoms with Crippen LogP contribution in [-0.2, 0) is 11.8 Å². The van der Waals surface area contributed by atoms with Gasteiger partial charge in [0, 0.05) is 37.9 Å². The van der Waals surface area contributed by atoms with Gasteiger partial charge in [-0.1, -0.05) is 6.92 Å². The summed E-state index contributed by atoms with van der Waals surface area (Å²) in [6.07, 6.45) is 2.61. The highest BCUT2D eigenvalue weighted by Crippen LogP contribution is 2.25. The first-order valence-electron chi connectivity index (χ1n) is 7.92. The highest BCUT2D eigenvalue weighted by atomic mass is 16.5. The molecule has 23 heavy (non-hydrogen) atoms. The number of aryl methyl sites for hydroxylation is 2. The fraction of sp³-hybridized carbons (Fsp3) is 0.444. The minimum Gasteiger partial charge on any atom is -0.462 e. The van der Waals surface area contributed by atoms with Crippen LogP contribution in [0.25, 0.3) is 10.9 Å². The Labute approximate surface area is 136 Å². The molecule has 0 saturated heterocycles. The number of carbonyl (C=O) groups is 1. The molecule has 1 heterocycles. The second-order valence-corrected chi connectivity index (χ2v) is 5.78. The van der Waals surface area contributed by atoms with Gasteiger partial charge in [0.1, 0.15) is 5.56 Å². The third-order valence-electron chi connectivity index (χ3n) is 3.97. The largest absolute Gasteiger partial charge is 0.462 e. The van der Waals surface area contributed by atoms with Gasteiger partial charge in [0.15, 0.2) is 0 Å². The minimum absolute atomic E-state index is 0.0795. The monoisotopic (exact) mass is 316 g/mol. The van der Waals surface area contributed by atoms with E-state index in [1.54, 1.807) is 13.1 Å². The molecule has 124 valence electrons. The van der Waals surface area contributed by atoms with Crippen LogP contribution in [-0.4, -0.2) is 30.7 Å². The molecule has 0 amide bonds. The topological polar surface area (TPSA) is 51.5 Å². The van der Waals surface area contributed by atoms with Crippen molar-refractivity contribution in [3.63, 3.8) is 0 Å². The molecule has 0 bridgehead atoms. The van der Waals surface area contributed by atoms with E-state index in [1.165, 1.54) is 0 Å². The maximum absolute atomic E-state index is 12.6. The van der Waals surface area contributed by atoms with Crippen molar-refractivity contribution in [2.75, 3.05) is 25.1 Å². The molecule has 0 saturated carbocycles. The molecule has 0 aliphatic rings. The van der Waals surface area contributed by atoms with Crippen LogP contribution < -0.4 is 10.3 Å². The fourth-order valence-corrected chi connectivity index (χ4v) is 2.85. The summed E-state index contributed by atoms with van der Waals surface area (Å²) < 4.78 is 6.79. The zero-order valence-corrected chi connectivity index (χ0v) is 14.5. The van der Waals surface area contributed by atoms with E-state index in [-0.39, 0.29) is 17.6 Å². The normalized spacial score (nSPS) is 10.8. The van der Waals surface area contributed by atoms with Gasteiger partial charge in [-0.05, 0) is 38.0 Å². The summed E-state index contributed by atoms with van der Waals surface area (Å²) in [6.45, 7) is 7.04. The van der Waals surface area contributed by atoms with Gasteiger partial charge in [-0.15, -0.1) is 0 Å². The van der Waals surface area contributed by atoms with Gasteiger partial charge in [-0.3, -0.25) is 4.79 Å². The summed E-state index contributed by atoms with van der Waals surface area (Å²) in [6, 6.07) is 3.87. The summed E-state index contributed by atoms with van der Waals surface area (Å²) in [5.41, 5.74) is 2.73. The second kappa shape index (κ2) is 6.86. The first-order valence-corrected chi connectivity index (χ1v) is 7.92. The molecule has 0 spiro atoms. The average Bonchev–Trinajstić information content (AvgIpc) is 2.50. The van der Waals surface area contributed by atoms with E-state index in [9.17, 15) is 9.59 Å². The van der Waals surface area contributed by atoms with E-state index in [4.69, 9.17) is 4.74 Å². The first-order chi connectivity index (χ1) is 10.9. The molecule has 0 aliphatic carbocycles. The summed E-state index contributed by atoms with van der Waals surface area (Å²) in [7, 11) is 3.88. The Kier molecular flexibility index (Phi) is 5.08. The molecule has 0 aliphatic heterocycles. The molecule has 1 aromatic carbocycles. The summed E-state index contributed by atoms with van der Waals surface area (Å²) in [5.74, 6) is -0.570. The van der Waals surface area contributed by atoms with Crippen molar-refractivity contribution < 1.29 is 9.53 Å². The van der Waals surface area contributed by atoms with Crippen LogP contribution in [0.15, 0.2) is 23.1 Å². The highest BCUT2D eigenvalue weighted by molar-refractivity contribution is 5.94. The Morgan fingerprint density at radius 2 is 2.00 bits per heavy atom. The number of benzene rings is 1. The molecule has 5 nitrogen and oxygen atoms in total. The molecule has 0 atom stereocenters. The van der Waals surface area contributed by atoms with E-state index in [1.807, 2.05) is 37.7 Å². The number of pyridine rings is 1. The van der Waals surface area contributed by atoms with Crippen molar-refractivity contribution in [2.45, 2.75) is 27.2 Å². The van der Waals surface area contributed by atoms with Gasteiger partial charge in [-0.2, -0.15) is 0 Å². The molecule has 1 aromatic heterocycles. The Morgan fingerprint density at radius 1 is 1.30 bits per heavy atom. The Bertz CT molecular complexity index is 793. The Hall–Kier alpha value is -2.30. The van der Waals surface area contributed by atoms with Crippen LogP contribution in [0.3, 0.4) is 0 Å². The molecule has 5 heteroatoms. The highest BCUT2D eigenvalue weighted by Gasteiger charge is 2.17. The number of hydrogen-bond donors (Lipinski definition) is 0. The van der Waals surface area contributed by atoms with Gasteiger partial charge >= 0.3 is 5.97 Å². The fourth-order valence-electron chi connectivity index (χ4n) is 2.85. The quantitative estimate of drug-likeness (QED) is 0.796. The van der Waals surface area contributed by atoms with Gasteiger partial charge < -0.3 is 14.2 Å². The van der Waals surface area contributed by atoms with Crippen molar-refractivity contribution in [3.8, 4) is 0 Å². The lowest BCUT2D eigenvalue weighted by Crippen LogP contribution is -2.22. The second-order valence-electron chi connectivity index (χ2n) is 5.78. The number of nitrogens with zero attached hydrogens (tertiary/aromatic N) is 2. The van der Waals surface area contributed by atoms with E-state index in [0.29, 0.717) is 5.39 Å². The Morgan fingerprint density at radius 3 is 2.61 bits per heavy atom. The standard InChI is InChI=1S/C18H24N2O3/c1-6-8-19(4)15-10-16-13(9-12(15)3)17(21)14(11-20(16)5)18(22)23-7-2/h9-11H,6-8H2,1-5H3. The lowest BCUT2D eigenvalue weighted by molar-refractivity contribution is 0.0524. The molecule has 0 radical (unpaired) electrons. The van der Waals surface area contributed by atoms with Crippen LogP contribution >= 0.6 is 0 Å². The van der Waals surface area contributed by atoms with Gasteiger partial charge in [0.25, 0.3) is 0 Å². The summed E-state index contributed by atoms with van der Waals surface area (Å²) in [4.78, 5) is 26.8. The first kappa shape index (κ1) is 17.1. The van der Waals surface area contributed by atoms with E-state index in [2.05, 4.69) is 11.8 Å². The van der Waals surface area contributed by atoms with Crippen LogP contribution in [0.1, 0.15) is 36.2 Å². The van der Waals surface area contributed by atoms with E-state index in [0.717, 1.165) is 29.7 Å². The SMILES string of the molecule is CCCN(C)c1cc2c(cc1C)c(=O)c(C(=O)OCC)cn2C. The zero-order chi connectivity index (χ0) is 17.1. The number of rotatable bonds is 5. The van der Waals surface area contributed by atoms with Gasteiger partial charge in [0.2, 0.25) is 5.43 Å². The number of esters is 1. The Balaban J connectivity index is 2.67. The third-order valence-corrected chi connectivity index (χ3v) is 3.97. The molecular weight excluding hydrogens is 292 g/mol. The zero-order valence-electron chi connectivity index (χ0n) is 14.5. The van der Waals surface area contributed by atoms with Crippen molar-refractivity contribution in [3.05, 3.63) is 39.7 Å². The third kappa shape index (κ3) is 3.23. The van der Waals surface area contributed by atoms with Crippen LogP contribution in [0.4, 0.5) is 5.69 Å². The van der Waals surface area contributed by atoms with Crippen LogP contribution in [0.2, 0.25) is 0 Å². The van der Waals surface area contributed by atoms with E-state index < -0.39 is 5.97 Å². The lowest BCUT2D eigenvalue weighted by atomic mass is 10.1. The molecule has 0 fully saturated rings. The summed E-state index contributed by atoms with van der Waals surface area (Å²) in [5, 5.41) is 0.546. The van der Waals surface area contributed by atoms with Crippen molar-refractivity contribution >= 4 is 22.6 Å². The average molecular weight is 316 g/mol. The maximum atomic E-state index is 12.6. The van der Waals surface area contributed by atoms with Crippen LogP contribution in [0, 0.1) is 6.92 Å². The number of aromatic nitrogens is 1. The summed E-state index contributed by atoms with van der Waals surface area (Å²) >= 11 is 0. The van der Waals surface area contributed by atoms with Crippen molar-refractivity contribution in [2.24, 2.45) is 7.05 Å². The van der Waals surface area contributed by atoms with Crippen molar-refractivity contribution in [1.82, 2.24) is 4.57 Å². The van der Waals surface area contributed by atoms with E-state index >= 15 is 0 Å². The molecule has 0 N–H and O–H groups in total. The minimum atomic E-state index is -0.570. The maximum Gasteiger partial charge on any atom is 0.343 e. The predicted molar refractivity (Wildman–Crippen MR) is 93.4 cm³/mol. The number of anilines is 1. The molecular formula is C18H24N2O3. The molecule has 0 unspecified atom stereocenters. The predicted octanol–water partition coefficient (Wildman–Crippen LogP) is 2.87. The van der Waals surface area contributed by atoms with Gasteiger partial charge in [0.05, 0.1) is 12.1 Å². The van der Waals surface area contributed by atoms with Gasteiger partial charge in [-0.25, -0.2) is 4.79 Å². The molecule has 2 aromatic rings. The molecule has 2 rings (SSSR count). The van der Waals surface area contributed by atoms with Crippen LogP contribution in [0.5, 0.6) is 0 Å². The smallest absolute Gasteiger partial charge is 0.343 e. The lowest BCUT2D eigenvalue weighted by Gasteiger charge is -2.22. The number of ether oxygens (including phenoxy) is 1. The number of fused-ring (bicyclic) bond motifs is 1. The number of hydrogen-bond acceptors (Lipinski definition) is 4. The van der Waals surface area contributed by atoms with Crippen molar-refractivity contribution in [1.29, 1.82) is 0 Å².